The van der Waals surface area contributed by atoms with Crippen molar-refractivity contribution in [2.24, 2.45) is 0 Å². The number of thiazole rings is 1. The van der Waals surface area contributed by atoms with Crippen LogP contribution in [0.5, 0.6) is 0 Å². The van der Waals surface area contributed by atoms with Crippen LogP contribution in [0.1, 0.15) is 10.7 Å². The molecule has 0 bridgehead atoms. The molecule has 0 saturated carbocycles. The molecule has 0 aliphatic heterocycles. The quantitative estimate of drug-likeness (QED) is 0.839. The van der Waals surface area contributed by atoms with Crippen LogP contribution < -0.4 is 11.1 Å². The molecule has 16 heavy (non-hydrogen) atoms. The van der Waals surface area contributed by atoms with Gasteiger partial charge in [0.15, 0.2) is 0 Å². The van der Waals surface area contributed by atoms with Crippen molar-refractivity contribution in [3.63, 3.8) is 0 Å². The van der Waals surface area contributed by atoms with Crippen LogP contribution in [0.4, 0.5) is 11.5 Å². The fourth-order valence-corrected chi connectivity index (χ4v) is 2.33. The molecule has 0 aliphatic carbocycles. The number of anilines is 2. The normalized spacial score (nSPS) is 10.4. The molecule has 0 aromatic carbocycles. The fraction of sp³-hybridized carbons (Fsp3) is 0.200. The molecule has 0 amide bonds. The first-order valence-electron chi connectivity index (χ1n) is 4.71. The molecule has 0 unspecified atom stereocenters. The molecule has 0 aliphatic rings. The lowest BCUT2D eigenvalue weighted by molar-refractivity contribution is 1.05. The zero-order chi connectivity index (χ0) is 11.5. The Bertz CT molecular complexity index is 497. The molecule has 3 N–H and O–H groups in total. The number of nitrogens with zero attached hydrogens (tertiary/aromatic N) is 2. The Balaban J connectivity index is 2.07. The number of pyridine rings is 1. The summed E-state index contributed by atoms with van der Waals surface area (Å²) in [6.07, 6.45) is 1.74. The second-order valence-electron chi connectivity index (χ2n) is 3.30. The van der Waals surface area contributed by atoms with E-state index in [1.165, 1.54) is 0 Å². The van der Waals surface area contributed by atoms with Crippen molar-refractivity contribution in [1.29, 1.82) is 0 Å². The van der Waals surface area contributed by atoms with Crippen LogP contribution in [0.3, 0.4) is 0 Å². The lowest BCUT2D eigenvalue weighted by atomic mass is 10.3. The minimum absolute atomic E-state index is 0.521. The number of nitrogens with one attached hydrogen (secondary N) is 1. The van der Waals surface area contributed by atoms with Crippen LogP contribution in [-0.4, -0.2) is 9.97 Å². The van der Waals surface area contributed by atoms with Crippen LogP contribution in [0, 0.1) is 10.5 Å². The highest BCUT2D eigenvalue weighted by Crippen LogP contribution is 2.19. The Hall–Kier alpha value is -0.890. The number of nitrogen functional groups attached to an aromatic ring is 1. The third-order valence-electron chi connectivity index (χ3n) is 2.01. The fourth-order valence-electron chi connectivity index (χ4n) is 1.27. The maximum Gasteiger partial charge on any atom is 0.146 e. The first kappa shape index (κ1) is 11.6. The van der Waals surface area contributed by atoms with Crippen molar-refractivity contribution in [3.8, 4) is 0 Å². The van der Waals surface area contributed by atoms with Gasteiger partial charge in [-0.15, -0.1) is 11.3 Å². The summed E-state index contributed by atoms with van der Waals surface area (Å²) in [4.78, 5) is 8.46. The topological polar surface area (TPSA) is 63.8 Å². The Morgan fingerprint density at radius 2 is 2.38 bits per heavy atom. The molecule has 84 valence electrons. The van der Waals surface area contributed by atoms with Crippen molar-refractivity contribution in [3.05, 3.63) is 31.9 Å². The lowest BCUT2D eigenvalue weighted by Crippen LogP contribution is -2.04. The first-order chi connectivity index (χ1) is 7.65. The van der Waals surface area contributed by atoms with E-state index in [1.807, 2.05) is 18.4 Å². The van der Waals surface area contributed by atoms with E-state index in [-0.39, 0.29) is 0 Å². The predicted molar refractivity (Wildman–Crippen MR) is 75.5 cm³/mol. The zero-order valence-electron chi connectivity index (χ0n) is 8.70. The number of aromatic nitrogens is 2. The van der Waals surface area contributed by atoms with Gasteiger partial charge in [0.25, 0.3) is 0 Å². The van der Waals surface area contributed by atoms with Gasteiger partial charge in [-0.1, -0.05) is 0 Å². The van der Waals surface area contributed by atoms with Crippen molar-refractivity contribution in [2.75, 3.05) is 11.1 Å². The number of rotatable bonds is 3. The van der Waals surface area contributed by atoms with E-state index in [0.29, 0.717) is 12.4 Å². The van der Waals surface area contributed by atoms with Gasteiger partial charge >= 0.3 is 0 Å². The van der Waals surface area contributed by atoms with E-state index >= 15 is 0 Å². The average molecular weight is 346 g/mol. The molecule has 2 rings (SSSR count). The average Bonchev–Trinajstić information content (AvgIpc) is 2.66. The number of aryl methyl sites for hydroxylation is 1. The third kappa shape index (κ3) is 2.82. The highest BCUT2D eigenvalue weighted by atomic mass is 127. The van der Waals surface area contributed by atoms with E-state index in [9.17, 15) is 0 Å². The third-order valence-corrected chi connectivity index (χ3v) is 3.42. The molecule has 0 fully saturated rings. The summed E-state index contributed by atoms with van der Waals surface area (Å²) in [6.45, 7) is 2.67. The maximum absolute atomic E-state index is 5.76. The highest BCUT2D eigenvalue weighted by molar-refractivity contribution is 14.1. The highest BCUT2D eigenvalue weighted by Gasteiger charge is 2.02. The summed E-state index contributed by atoms with van der Waals surface area (Å²) in [5.41, 5.74) is 7.65. The predicted octanol–water partition coefficient (Wildman–Crippen LogP) is 2.65. The summed E-state index contributed by atoms with van der Waals surface area (Å²) in [5, 5.41) is 6.35. The Morgan fingerprint density at radius 1 is 1.56 bits per heavy atom. The Labute approximate surface area is 111 Å². The summed E-state index contributed by atoms with van der Waals surface area (Å²) >= 11 is 3.86. The molecule has 0 radical (unpaired) electrons. The number of hydrogen-bond acceptors (Lipinski definition) is 5. The monoisotopic (exact) mass is 346 g/mol. The minimum Gasteiger partial charge on any atom is -0.382 e. The van der Waals surface area contributed by atoms with Gasteiger partial charge < -0.3 is 11.1 Å². The van der Waals surface area contributed by atoms with Gasteiger partial charge in [0, 0.05) is 15.1 Å². The first-order valence-corrected chi connectivity index (χ1v) is 6.67. The Kier molecular flexibility index (Phi) is 3.59. The standard InChI is InChI=1S/C10H11IN4S/c1-6-15-8(5-16-6)4-13-9-2-7(11)3-14-10(9)12/h2-3,5,13H,4H2,1H3,(H2,12,14). The minimum atomic E-state index is 0.521. The van der Waals surface area contributed by atoms with Crippen molar-refractivity contribution in [2.45, 2.75) is 13.5 Å². The van der Waals surface area contributed by atoms with Crippen molar-refractivity contribution < 1.29 is 0 Å². The SMILES string of the molecule is Cc1nc(CNc2cc(I)cnc2N)cs1. The van der Waals surface area contributed by atoms with Gasteiger partial charge in [-0.25, -0.2) is 9.97 Å². The van der Waals surface area contributed by atoms with Crippen LogP contribution in [0.25, 0.3) is 0 Å². The van der Waals surface area contributed by atoms with Gasteiger partial charge in [-0.2, -0.15) is 0 Å². The van der Waals surface area contributed by atoms with E-state index in [2.05, 4.69) is 37.9 Å². The summed E-state index contributed by atoms with van der Waals surface area (Å²) < 4.78 is 1.06. The van der Waals surface area contributed by atoms with Crippen LogP contribution >= 0.6 is 33.9 Å². The largest absolute Gasteiger partial charge is 0.382 e. The Morgan fingerprint density at radius 3 is 3.06 bits per heavy atom. The van der Waals surface area contributed by atoms with Gasteiger partial charge in [0.1, 0.15) is 5.82 Å². The number of halogens is 1. The molecule has 2 heterocycles. The smallest absolute Gasteiger partial charge is 0.146 e. The van der Waals surface area contributed by atoms with Crippen molar-refractivity contribution in [1.82, 2.24) is 9.97 Å². The molecule has 6 heteroatoms. The molecule has 4 nitrogen and oxygen atoms in total. The molecule has 2 aromatic rings. The second kappa shape index (κ2) is 4.96. The molecule has 0 spiro atoms. The molecule has 0 atom stereocenters. The van der Waals surface area contributed by atoms with E-state index in [0.717, 1.165) is 20.0 Å². The summed E-state index contributed by atoms with van der Waals surface area (Å²) in [7, 11) is 0. The molecular weight excluding hydrogens is 335 g/mol. The summed E-state index contributed by atoms with van der Waals surface area (Å²) in [6, 6.07) is 1.97. The maximum atomic E-state index is 5.76. The van der Waals surface area contributed by atoms with E-state index in [4.69, 9.17) is 5.73 Å². The van der Waals surface area contributed by atoms with Crippen LogP contribution in [0.15, 0.2) is 17.6 Å². The zero-order valence-corrected chi connectivity index (χ0v) is 11.7. The summed E-state index contributed by atoms with van der Waals surface area (Å²) in [5.74, 6) is 0.521. The van der Waals surface area contributed by atoms with E-state index in [1.54, 1.807) is 17.5 Å². The number of nitrogens with two attached hydrogens (primary N) is 1. The van der Waals surface area contributed by atoms with Crippen LogP contribution in [-0.2, 0) is 6.54 Å². The van der Waals surface area contributed by atoms with Crippen molar-refractivity contribution >= 4 is 45.4 Å². The molecule has 2 aromatic heterocycles. The molecular formula is C10H11IN4S. The second-order valence-corrected chi connectivity index (χ2v) is 5.61. The van der Waals surface area contributed by atoms with Gasteiger partial charge in [0.2, 0.25) is 0 Å². The van der Waals surface area contributed by atoms with Gasteiger partial charge in [-0.05, 0) is 35.6 Å². The van der Waals surface area contributed by atoms with Gasteiger partial charge in [0.05, 0.1) is 22.9 Å². The van der Waals surface area contributed by atoms with Gasteiger partial charge in [-0.3, -0.25) is 0 Å². The molecule has 0 saturated heterocycles. The number of hydrogen-bond donors (Lipinski definition) is 2. The van der Waals surface area contributed by atoms with Crippen LogP contribution in [0.2, 0.25) is 0 Å². The van der Waals surface area contributed by atoms with E-state index < -0.39 is 0 Å². The lowest BCUT2D eigenvalue weighted by Gasteiger charge is -2.07.